The van der Waals surface area contributed by atoms with E-state index in [1.165, 1.54) is 11.6 Å². The van der Waals surface area contributed by atoms with Crippen molar-refractivity contribution in [3.8, 4) is 0 Å². The van der Waals surface area contributed by atoms with Gasteiger partial charge in [-0.15, -0.1) is 0 Å². The highest BCUT2D eigenvalue weighted by atomic mass is 19.4. The monoisotopic (exact) mass is 272 g/mol. The minimum Gasteiger partial charge on any atom is -0.351 e. The first-order valence-electron chi connectivity index (χ1n) is 4.82. The van der Waals surface area contributed by atoms with E-state index in [1.54, 1.807) is 0 Å². The van der Waals surface area contributed by atoms with Gasteiger partial charge in [0.15, 0.2) is 0 Å². The van der Waals surface area contributed by atoms with Gasteiger partial charge in [-0.1, -0.05) is 0 Å². The molecule has 1 rings (SSSR count). The average Bonchev–Trinajstić information content (AvgIpc) is 2.75. The third-order valence-corrected chi connectivity index (χ3v) is 1.98. The van der Waals surface area contributed by atoms with E-state index in [0.717, 1.165) is 0 Å². The summed E-state index contributed by atoms with van der Waals surface area (Å²) in [5.74, 6) is -7.28. The molecule has 5 nitrogen and oxygen atoms in total. The van der Waals surface area contributed by atoms with Crippen LogP contribution in [0, 0.1) is 0 Å². The summed E-state index contributed by atoms with van der Waals surface area (Å²) in [5.41, 5.74) is 0. The van der Waals surface area contributed by atoms with Crippen molar-refractivity contribution in [2.45, 2.75) is 24.9 Å². The van der Waals surface area contributed by atoms with E-state index < -0.39 is 18.0 Å². The van der Waals surface area contributed by atoms with E-state index >= 15 is 0 Å². The largest absolute Gasteiger partial charge is 0.463 e. The predicted octanol–water partition coefficient (Wildman–Crippen LogP) is 1.05. The number of aromatic amines is 1. The number of halogens is 5. The van der Waals surface area contributed by atoms with Gasteiger partial charge in [0.25, 0.3) is 5.91 Å². The Bertz CT molecular complexity index is 389. The molecule has 0 aliphatic heterocycles. The molecule has 0 aliphatic carbocycles. The lowest BCUT2D eigenvalue weighted by Crippen LogP contribution is -2.50. The van der Waals surface area contributed by atoms with Crippen molar-refractivity contribution >= 4 is 5.91 Å². The van der Waals surface area contributed by atoms with Gasteiger partial charge >= 0.3 is 12.1 Å². The van der Waals surface area contributed by atoms with E-state index in [4.69, 9.17) is 0 Å². The van der Waals surface area contributed by atoms with Crippen molar-refractivity contribution in [1.82, 2.24) is 20.5 Å². The molecule has 0 aliphatic rings. The zero-order valence-corrected chi connectivity index (χ0v) is 8.89. The SMILES string of the molecule is O=C(NCCCc1ncn[nH]1)C(F)(F)C(F)(F)F. The van der Waals surface area contributed by atoms with Gasteiger partial charge in [-0.2, -0.15) is 27.1 Å². The fraction of sp³-hybridized carbons (Fsp3) is 0.625. The molecule has 0 aromatic carbocycles. The van der Waals surface area contributed by atoms with Gasteiger partial charge in [-0.05, 0) is 6.42 Å². The summed E-state index contributed by atoms with van der Waals surface area (Å²) in [5, 5.41) is 7.51. The van der Waals surface area contributed by atoms with Crippen molar-refractivity contribution in [2.75, 3.05) is 6.54 Å². The average molecular weight is 272 g/mol. The minimum absolute atomic E-state index is 0.162. The molecule has 1 aromatic rings. The summed E-state index contributed by atoms with van der Waals surface area (Å²) in [6.45, 7) is -0.314. The van der Waals surface area contributed by atoms with Crippen LogP contribution in [0.25, 0.3) is 0 Å². The van der Waals surface area contributed by atoms with Gasteiger partial charge in [-0.25, -0.2) is 4.98 Å². The highest BCUT2D eigenvalue weighted by Gasteiger charge is 2.63. The van der Waals surface area contributed by atoms with Gasteiger partial charge in [0, 0.05) is 13.0 Å². The van der Waals surface area contributed by atoms with Gasteiger partial charge in [0.2, 0.25) is 0 Å². The zero-order chi connectivity index (χ0) is 13.8. The lowest BCUT2D eigenvalue weighted by Gasteiger charge is -2.18. The first-order valence-corrected chi connectivity index (χ1v) is 4.82. The Kier molecular flexibility index (Phi) is 4.19. The second-order valence-electron chi connectivity index (χ2n) is 3.36. The topological polar surface area (TPSA) is 70.7 Å². The second kappa shape index (κ2) is 5.27. The van der Waals surface area contributed by atoms with Crippen LogP contribution in [0.15, 0.2) is 6.33 Å². The fourth-order valence-electron chi connectivity index (χ4n) is 1.05. The summed E-state index contributed by atoms with van der Waals surface area (Å²) in [6.07, 6.45) is -4.22. The predicted molar refractivity (Wildman–Crippen MR) is 48.7 cm³/mol. The van der Waals surface area contributed by atoms with Crippen molar-refractivity contribution < 1.29 is 26.7 Å². The lowest BCUT2D eigenvalue weighted by atomic mass is 10.2. The van der Waals surface area contributed by atoms with Crippen LogP contribution in [-0.4, -0.2) is 39.7 Å². The summed E-state index contributed by atoms with van der Waals surface area (Å²) in [6, 6.07) is 0. The standard InChI is InChI=1S/C8H9F5N4O/c9-7(10,8(11,12)13)6(18)14-3-1-2-5-15-4-16-17-5/h4H,1-3H2,(H,14,18)(H,15,16,17). The number of rotatable bonds is 5. The smallest absolute Gasteiger partial charge is 0.351 e. The molecule has 1 aromatic heterocycles. The van der Waals surface area contributed by atoms with Crippen molar-refractivity contribution in [3.63, 3.8) is 0 Å². The third kappa shape index (κ3) is 3.37. The van der Waals surface area contributed by atoms with Crippen LogP contribution in [0.4, 0.5) is 22.0 Å². The quantitative estimate of drug-likeness (QED) is 0.621. The summed E-state index contributed by atoms with van der Waals surface area (Å²) < 4.78 is 60.3. The second-order valence-corrected chi connectivity index (χ2v) is 3.36. The molecule has 1 heterocycles. The van der Waals surface area contributed by atoms with Crippen molar-refractivity contribution in [3.05, 3.63) is 12.2 Å². The molecule has 102 valence electrons. The van der Waals surface area contributed by atoms with Crippen LogP contribution in [0.5, 0.6) is 0 Å². The number of aryl methyl sites for hydroxylation is 1. The first kappa shape index (κ1) is 14.3. The van der Waals surface area contributed by atoms with Gasteiger partial charge < -0.3 is 5.32 Å². The number of hydrogen-bond acceptors (Lipinski definition) is 3. The number of H-pyrrole nitrogens is 1. The molecule has 2 N–H and O–H groups in total. The van der Waals surface area contributed by atoms with Crippen molar-refractivity contribution in [1.29, 1.82) is 0 Å². The van der Waals surface area contributed by atoms with Crippen LogP contribution in [0.1, 0.15) is 12.2 Å². The number of nitrogens with one attached hydrogen (secondary N) is 2. The highest BCUT2D eigenvalue weighted by Crippen LogP contribution is 2.35. The van der Waals surface area contributed by atoms with Gasteiger partial charge in [-0.3, -0.25) is 9.89 Å². The molecule has 0 bridgehead atoms. The van der Waals surface area contributed by atoms with E-state index in [0.29, 0.717) is 5.82 Å². The van der Waals surface area contributed by atoms with Crippen LogP contribution < -0.4 is 5.32 Å². The molecule has 0 radical (unpaired) electrons. The summed E-state index contributed by atoms with van der Waals surface area (Å²) >= 11 is 0. The van der Waals surface area contributed by atoms with Crippen LogP contribution in [-0.2, 0) is 11.2 Å². The van der Waals surface area contributed by atoms with Gasteiger partial charge in [0.1, 0.15) is 12.2 Å². The maximum Gasteiger partial charge on any atom is 0.463 e. The molecule has 18 heavy (non-hydrogen) atoms. The Labute approximate surface area is 97.8 Å². The Hall–Kier alpha value is -1.74. The van der Waals surface area contributed by atoms with E-state index in [1.807, 2.05) is 0 Å². The maximum absolute atomic E-state index is 12.5. The number of carbonyl (C=O) groups excluding carboxylic acids is 1. The van der Waals surface area contributed by atoms with E-state index in [-0.39, 0.29) is 19.4 Å². The van der Waals surface area contributed by atoms with Crippen LogP contribution >= 0.6 is 0 Å². The third-order valence-electron chi connectivity index (χ3n) is 1.98. The maximum atomic E-state index is 12.5. The number of aromatic nitrogens is 3. The highest BCUT2D eigenvalue weighted by molar-refractivity contribution is 5.84. The normalized spacial score (nSPS) is 12.5. The molecule has 1 amide bonds. The van der Waals surface area contributed by atoms with Gasteiger partial charge in [0.05, 0.1) is 0 Å². The number of amides is 1. The number of hydrogen-bond donors (Lipinski definition) is 2. The first-order chi connectivity index (χ1) is 8.25. The minimum atomic E-state index is -5.89. The van der Waals surface area contributed by atoms with Crippen LogP contribution in [0.3, 0.4) is 0 Å². The Morgan fingerprint density at radius 2 is 2.00 bits per heavy atom. The number of carbonyl (C=O) groups is 1. The van der Waals surface area contributed by atoms with E-state index in [9.17, 15) is 26.7 Å². The molecule has 0 saturated carbocycles. The van der Waals surface area contributed by atoms with E-state index in [2.05, 4.69) is 15.2 Å². The molecule has 0 atom stereocenters. The Morgan fingerprint density at radius 3 is 2.50 bits per heavy atom. The molecular formula is C8H9F5N4O. The van der Waals surface area contributed by atoms with Crippen molar-refractivity contribution in [2.24, 2.45) is 0 Å². The Balaban J connectivity index is 2.33. The molecule has 0 fully saturated rings. The lowest BCUT2D eigenvalue weighted by molar-refractivity contribution is -0.269. The Morgan fingerprint density at radius 1 is 1.33 bits per heavy atom. The zero-order valence-electron chi connectivity index (χ0n) is 8.89. The van der Waals surface area contributed by atoms with Crippen LogP contribution in [0.2, 0.25) is 0 Å². The summed E-state index contributed by atoms with van der Waals surface area (Å²) in [7, 11) is 0. The fourth-order valence-corrected chi connectivity index (χ4v) is 1.05. The summed E-state index contributed by atoms with van der Waals surface area (Å²) in [4.78, 5) is 14.4. The number of nitrogens with zero attached hydrogens (tertiary/aromatic N) is 2. The molecule has 10 heteroatoms. The molecular weight excluding hydrogens is 263 g/mol. The molecule has 0 saturated heterocycles. The molecule has 0 spiro atoms. The number of alkyl halides is 5. The molecule has 0 unspecified atom stereocenters.